The average Bonchev–Trinajstić information content (AvgIpc) is 3.27. The summed E-state index contributed by atoms with van der Waals surface area (Å²) in [6, 6.07) is 18.9. The topological polar surface area (TPSA) is 97.5 Å². The standard InChI is InChI=1S/C23H27N3O3S/c24-21(12-18-9-5-2-6-10-18)22(27)13-19(11-17-7-3-1-4-8-17)26-23(28)29-15-20-14-25-16-30-20/h1-10,14,16,19,21-22,27H,11-13,15,24H2,(H,26,28)/t19-,21-,22-/m0/s1. The molecule has 0 fully saturated rings. The lowest BCUT2D eigenvalue weighted by Crippen LogP contribution is -2.44. The summed E-state index contributed by atoms with van der Waals surface area (Å²) in [5, 5.41) is 13.6. The van der Waals surface area contributed by atoms with Crippen molar-refractivity contribution in [2.45, 2.75) is 44.1 Å². The number of benzene rings is 2. The van der Waals surface area contributed by atoms with Gasteiger partial charge in [-0.15, -0.1) is 11.3 Å². The van der Waals surface area contributed by atoms with Crippen LogP contribution in [-0.2, 0) is 24.2 Å². The first-order valence-corrected chi connectivity index (χ1v) is 10.8. The van der Waals surface area contributed by atoms with Crippen LogP contribution in [0.4, 0.5) is 4.79 Å². The summed E-state index contributed by atoms with van der Waals surface area (Å²) < 4.78 is 5.30. The normalized spacial score (nSPS) is 13.9. The van der Waals surface area contributed by atoms with E-state index < -0.39 is 18.2 Å². The number of amides is 1. The molecule has 3 aromatic rings. The summed E-state index contributed by atoms with van der Waals surface area (Å²) in [6.07, 6.45) is 1.86. The molecule has 3 atom stereocenters. The van der Waals surface area contributed by atoms with E-state index in [1.807, 2.05) is 60.7 Å². The van der Waals surface area contributed by atoms with Crippen LogP contribution in [0.2, 0.25) is 0 Å². The SMILES string of the molecule is N[C@@H](Cc1ccccc1)[C@@H](O)C[C@H](Cc1ccccc1)NC(=O)OCc1cncs1. The Morgan fingerprint density at radius 2 is 1.70 bits per heavy atom. The van der Waals surface area contributed by atoms with Crippen molar-refractivity contribution in [1.29, 1.82) is 0 Å². The maximum Gasteiger partial charge on any atom is 0.407 e. The first kappa shape index (κ1) is 22.0. The highest BCUT2D eigenvalue weighted by Crippen LogP contribution is 2.13. The van der Waals surface area contributed by atoms with Gasteiger partial charge in [-0.3, -0.25) is 4.98 Å². The fourth-order valence-corrected chi connectivity index (χ4v) is 3.74. The van der Waals surface area contributed by atoms with Crippen molar-refractivity contribution in [3.8, 4) is 0 Å². The molecule has 0 aliphatic heterocycles. The molecule has 3 rings (SSSR count). The molecule has 1 aromatic heterocycles. The van der Waals surface area contributed by atoms with Gasteiger partial charge in [0.15, 0.2) is 0 Å². The van der Waals surface area contributed by atoms with Crippen LogP contribution in [0.3, 0.4) is 0 Å². The molecular formula is C23H27N3O3S. The number of nitrogens with zero attached hydrogens (tertiary/aromatic N) is 1. The number of thiazole rings is 1. The first-order valence-electron chi connectivity index (χ1n) is 9.92. The molecule has 0 radical (unpaired) electrons. The molecule has 6 nitrogen and oxygen atoms in total. The van der Waals surface area contributed by atoms with E-state index >= 15 is 0 Å². The number of carbonyl (C=O) groups is 1. The molecule has 0 aliphatic rings. The number of nitrogens with two attached hydrogens (primary N) is 1. The van der Waals surface area contributed by atoms with Gasteiger partial charge in [0.25, 0.3) is 0 Å². The van der Waals surface area contributed by atoms with Gasteiger partial charge >= 0.3 is 6.09 Å². The number of hydrogen-bond acceptors (Lipinski definition) is 6. The Morgan fingerprint density at radius 3 is 2.30 bits per heavy atom. The van der Waals surface area contributed by atoms with Crippen LogP contribution in [-0.4, -0.2) is 34.4 Å². The number of carbonyl (C=O) groups excluding carboxylic acids is 1. The van der Waals surface area contributed by atoms with Gasteiger partial charge in [-0.25, -0.2) is 4.79 Å². The fraction of sp³-hybridized carbons (Fsp3) is 0.304. The maximum atomic E-state index is 12.3. The van der Waals surface area contributed by atoms with Crippen molar-refractivity contribution in [3.05, 3.63) is 88.4 Å². The third-order valence-corrected chi connectivity index (χ3v) is 5.56. The van der Waals surface area contributed by atoms with Gasteiger partial charge in [0.1, 0.15) is 6.61 Å². The zero-order valence-corrected chi connectivity index (χ0v) is 17.5. The van der Waals surface area contributed by atoms with Crippen molar-refractivity contribution in [2.75, 3.05) is 0 Å². The zero-order valence-electron chi connectivity index (χ0n) is 16.7. The number of aliphatic hydroxyl groups is 1. The molecule has 1 amide bonds. The maximum absolute atomic E-state index is 12.3. The van der Waals surface area contributed by atoms with Crippen molar-refractivity contribution in [2.24, 2.45) is 5.73 Å². The van der Waals surface area contributed by atoms with E-state index in [9.17, 15) is 9.90 Å². The Kier molecular flexibility index (Phi) is 8.38. The smallest absolute Gasteiger partial charge is 0.407 e. The van der Waals surface area contributed by atoms with Gasteiger partial charge in [-0.2, -0.15) is 0 Å². The lowest BCUT2D eigenvalue weighted by atomic mass is 9.94. The highest BCUT2D eigenvalue weighted by Gasteiger charge is 2.23. The number of rotatable bonds is 10. The monoisotopic (exact) mass is 425 g/mol. The van der Waals surface area contributed by atoms with Crippen LogP contribution in [0.25, 0.3) is 0 Å². The second-order valence-electron chi connectivity index (χ2n) is 7.23. The van der Waals surface area contributed by atoms with E-state index in [2.05, 4.69) is 10.3 Å². The van der Waals surface area contributed by atoms with E-state index in [1.165, 1.54) is 11.3 Å². The minimum absolute atomic E-state index is 0.171. The largest absolute Gasteiger partial charge is 0.444 e. The number of ether oxygens (including phenoxy) is 1. The molecule has 0 saturated carbocycles. The van der Waals surface area contributed by atoms with Crippen molar-refractivity contribution in [3.63, 3.8) is 0 Å². The quantitative estimate of drug-likeness (QED) is 0.463. The Morgan fingerprint density at radius 1 is 1.07 bits per heavy atom. The van der Waals surface area contributed by atoms with Crippen LogP contribution >= 0.6 is 11.3 Å². The predicted octanol–water partition coefficient (Wildman–Crippen LogP) is 3.30. The summed E-state index contributed by atoms with van der Waals surface area (Å²) in [6.45, 7) is 0.171. The third-order valence-electron chi connectivity index (χ3n) is 4.81. The second-order valence-corrected chi connectivity index (χ2v) is 8.20. The number of nitrogens with one attached hydrogen (secondary N) is 1. The van der Waals surface area contributed by atoms with E-state index in [-0.39, 0.29) is 12.6 Å². The summed E-state index contributed by atoms with van der Waals surface area (Å²) in [4.78, 5) is 17.2. The predicted molar refractivity (Wildman–Crippen MR) is 118 cm³/mol. The summed E-state index contributed by atoms with van der Waals surface area (Å²) in [5.41, 5.74) is 10.1. The van der Waals surface area contributed by atoms with Gasteiger partial charge in [0.05, 0.1) is 16.5 Å². The third kappa shape index (κ3) is 7.26. The second kappa shape index (κ2) is 11.4. The van der Waals surface area contributed by atoms with E-state index in [1.54, 1.807) is 11.7 Å². The van der Waals surface area contributed by atoms with Crippen molar-refractivity contribution >= 4 is 17.4 Å². The molecule has 7 heteroatoms. The molecule has 2 aromatic carbocycles. The van der Waals surface area contributed by atoms with Crippen LogP contribution in [0.1, 0.15) is 22.4 Å². The Labute approximate surface area is 180 Å². The van der Waals surface area contributed by atoms with Crippen LogP contribution in [0, 0.1) is 0 Å². The molecule has 0 unspecified atom stereocenters. The number of alkyl carbamates (subject to hydrolysis) is 1. The van der Waals surface area contributed by atoms with Crippen LogP contribution in [0.15, 0.2) is 72.4 Å². The number of aliphatic hydroxyl groups excluding tert-OH is 1. The lowest BCUT2D eigenvalue weighted by molar-refractivity contribution is 0.110. The summed E-state index contributed by atoms with van der Waals surface area (Å²) in [5.74, 6) is 0. The highest BCUT2D eigenvalue weighted by molar-refractivity contribution is 7.09. The lowest BCUT2D eigenvalue weighted by Gasteiger charge is -2.25. The van der Waals surface area contributed by atoms with Crippen LogP contribution < -0.4 is 11.1 Å². The fourth-order valence-electron chi connectivity index (χ4n) is 3.24. The number of hydrogen-bond donors (Lipinski definition) is 3. The molecule has 0 aliphatic carbocycles. The Bertz CT molecular complexity index is 875. The Hall–Kier alpha value is -2.74. The highest BCUT2D eigenvalue weighted by atomic mass is 32.1. The molecule has 1 heterocycles. The molecule has 0 spiro atoms. The molecule has 0 saturated heterocycles. The van der Waals surface area contributed by atoms with Crippen LogP contribution in [0.5, 0.6) is 0 Å². The van der Waals surface area contributed by atoms with Crippen molar-refractivity contribution in [1.82, 2.24) is 10.3 Å². The van der Waals surface area contributed by atoms with Gasteiger partial charge in [-0.05, 0) is 30.4 Å². The first-order chi connectivity index (χ1) is 14.6. The molecule has 4 N–H and O–H groups in total. The van der Waals surface area contributed by atoms with Crippen molar-refractivity contribution < 1.29 is 14.6 Å². The molecule has 158 valence electrons. The van der Waals surface area contributed by atoms with Gasteiger partial charge in [-0.1, -0.05) is 60.7 Å². The van der Waals surface area contributed by atoms with E-state index in [0.717, 1.165) is 16.0 Å². The molecule has 0 bridgehead atoms. The van der Waals surface area contributed by atoms with E-state index in [0.29, 0.717) is 19.3 Å². The zero-order chi connectivity index (χ0) is 21.2. The van der Waals surface area contributed by atoms with Gasteiger partial charge < -0.3 is 20.9 Å². The molecule has 30 heavy (non-hydrogen) atoms. The summed E-state index contributed by atoms with van der Waals surface area (Å²) in [7, 11) is 0. The van der Waals surface area contributed by atoms with Gasteiger partial charge in [0, 0.05) is 18.3 Å². The Balaban J connectivity index is 1.58. The molecular weight excluding hydrogens is 398 g/mol. The minimum atomic E-state index is -0.763. The minimum Gasteiger partial charge on any atom is -0.444 e. The van der Waals surface area contributed by atoms with Gasteiger partial charge in [0.2, 0.25) is 0 Å². The van der Waals surface area contributed by atoms with E-state index in [4.69, 9.17) is 10.5 Å². The number of aromatic nitrogens is 1. The average molecular weight is 426 g/mol. The summed E-state index contributed by atoms with van der Waals surface area (Å²) >= 11 is 1.43.